The van der Waals surface area contributed by atoms with Crippen molar-refractivity contribution in [2.75, 3.05) is 5.32 Å². The number of nitrogens with zero attached hydrogens (tertiary/aromatic N) is 1. The SMILES string of the molecule is CC/C(=N/NC(=S)Nc1ccccc1F)c1ccccc1. The average molecular weight is 301 g/mol. The molecule has 2 aromatic rings. The molecule has 108 valence electrons. The number of halogens is 1. The van der Waals surface area contributed by atoms with Gasteiger partial charge < -0.3 is 5.32 Å². The molecule has 21 heavy (non-hydrogen) atoms. The molecule has 0 aliphatic carbocycles. The highest BCUT2D eigenvalue weighted by Crippen LogP contribution is 2.12. The molecule has 0 saturated carbocycles. The highest BCUT2D eigenvalue weighted by Gasteiger charge is 2.03. The number of benzene rings is 2. The van der Waals surface area contributed by atoms with Crippen LogP contribution in [0.3, 0.4) is 0 Å². The van der Waals surface area contributed by atoms with Gasteiger partial charge in [-0.25, -0.2) is 4.39 Å². The molecule has 2 N–H and O–H groups in total. The molecule has 2 aromatic carbocycles. The third-order valence-electron chi connectivity index (χ3n) is 2.86. The second-order valence-corrected chi connectivity index (χ2v) is 4.73. The molecular weight excluding hydrogens is 285 g/mol. The quantitative estimate of drug-likeness (QED) is 0.510. The molecular formula is C16H16FN3S. The summed E-state index contributed by atoms with van der Waals surface area (Å²) in [4.78, 5) is 0. The van der Waals surface area contributed by atoms with E-state index in [-0.39, 0.29) is 10.9 Å². The van der Waals surface area contributed by atoms with Crippen LogP contribution >= 0.6 is 12.2 Å². The van der Waals surface area contributed by atoms with E-state index < -0.39 is 0 Å². The predicted octanol–water partition coefficient (Wildman–Crippen LogP) is 3.93. The van der Waals surface area contributed by atoms with E-state index in [1.807, 2.05) is 37.3 Å². The summed E-state index contributed by atoms with van der Waals surface area (Å²) < 4.78 is 13.5. The van der Waals surface area contributed by atoms with Crippen LogP contribution in [0.2, 0.25) is 0 Å². The van der Waals surface area contributed by atoms with Crippen LogP contribution in [0.1, 0.15) is 18.9 Å². The third-order valence-corrected chi connectivity index (χ3v) is 3.05. The smallest absolute Gasteiger partial charge is 0.191 e. The number of anilines is 1. The molecule has 0 radical (unpaired) electrons. The normalized spacial score (nSPS) is 11.0. The van der Waals surface area contributed by atoms with E-state index in [9.17, 15) is 4.39 Å². The maximum Gasteiger partial charge on any atom is 0.191 e. The van der Waals surface area contributed by atoms with Gasteiger partial charge in [0.2, 0.25) is 0 Å². The van der Waals surface area contributed by atoms with Crippen molar-refractivity contribution in [1.82, 2.24) is 5.43 Å². The molecule has 0 saturated heterocycles. The first kappa shape index (κ1) is 15.1. The molecule has 5 heteroatoms. The monoisotopic (exact) mass is 301 g/mol. The lowest BCUT2D eigenvalue weighted by Gasteiger charge is -2.09. The summed E-state index contributed by atoms with van der Waals surface area (Å²) in [7, 11) is 0. The van der Waals surface area contributed by atoms with Gasteiger partial charge >= 0.3 is 0 Å². The van der Waals surface area contributed by atoms with Gasteiger partial charge in [-0.1, -0.05) is 49.4 Å². The highest BCUT2D eigenvalue weighted by atomic mass is 32.1. The van der Waals surface area contributed by atoms with E-state index in [1.165, 1.54) is 6.07 Å². The fourth-order valence-electron chi connectivity index (χ4n) is 1.81. The number of nitrogens with one attached hydrogen (secondary N) is 2. The molecule has 0 aromatic heterocycles. The first-order valence-electron chi connectivity index (χ1n) is 6.64. The van der Waals surface area contributed by atoms with E-state index in [0.717, 1.165) is 17.7 Å². The Bertz CT molecular complexity index is 641. The Morgan fingerprint density at radius 1 is 1.10 bits per heavy atom. The van der Waals surface area contributed by atoms with Gasteiger partial charge in [0, 0.05) is 0 Å². The van der Waals surface area contributed by atoms with Crippen molar-refractivity contribution in [3.8, 4) is 0 Å². The van der Waals surface area contributed by atoms with Crippen molar-refractivity contribution >= 4 is 28.7 Å². The summed E-state index contributed by atoms with van der Waals surface area (Å²) in [6, 6.07) is 16.2. The molecule has 0 amide bonds. The summed E-state index contributed by atoms with van der Waals surface area (Å²) in [5.41, 5.74) is 4.98. The molecule has 0 atom stereocenters. The standard InChI is InChI=1S/C16H16FN3S/c1-2-14(12-8-4-3-5-9-12)19-20-16(21)18-15-11-7-6-10-13(15)17/h3-11H,2H2,1H3,(H2,18,20,21)/b19-14-. The van der Waals surface area contributed by atoms with Gasteiger partial charge in [-0.05, 0) is 36.3 Å². The lowest BCUT2D eigenvalue weighted by atomic mass is 10.1. The lowest BCUT2D eigenvalue weighted by Crippen LogP contribution is -2.25. The first-order valence-corrected chi connectivity index (χ1v) is 7.05. The zero-order chi connectivity index (χ0) is 15.1. The maximum absolute atomic E-state index is 13.5. The Morgan fingerprint density at radius 2 is 1.76 bits per heavy atom. The zero-order valence-corrected chi connectivity index (χ0v) is 12.5. The second kappa shape index (κ2) is 7.50. The Kier molecular flexibility index (Phi) is 5.40. The minimum absolute atomic E-state index is 0.252. The van der Waals surface area contributed by atoms with Crippen molar-refractivity contribution in [3.05, 3.63) is 66.0 Å². The Morgan fingerprint density at radius 3 is 2.43 bits per heavy atom. The van der Waals surface area contributed by atoms with Crippen molar-refractivity contribution in [3.63, 3.8) is 0 Å². The number of hydrogen-bond acceptors (Lipinski definition) is 2. The van der Waals surface area contributed by atoms with Crippen LogP contribution in [-0.4, -0.2) is 10.8 Å². The largest absolute Gasteiger partial charge is 0.329 e. The maximum atomic E-state index is 13.5. The fraction of sp³-hybridized carbons (Fsp3) is 0.125. The van der Waals surface area contributed by atoms with Crippen LogP contribution in [0.5, 0.6) is 0 Å². The summed E-state index contributed by atoms with van der Waals surface area (Å²) in [6.07, 6.45) is 0.763. The van der Waals surface area contributed by atoms with Gasteiger partial charge in [0.15, 0.2) is 5.11 Å². The van der Waals surface area contributed by atoms with Crippen LogP contribution in [0.25, 0.3) is 0 Å². The fourth-order valence-corrected chi connectivity index (χ4v) is 1.96. The van der Waals surface area contributed by atoms with Crippen LogP contribution in [0.15, 0.2) is 59.7 Å². The average Bonchev–Trinajstić information content (AvgIpc) is 2.51. The highest BCUT2D eigenvalue weighted by molar-refractivity contribution is 7.80. The van der Waals surface area contributed by atoms with Crippen molar-refractivity contribution < 1.29 is 4.39 Å². The summed E-state index contributed by atoms with van der Waals surface area (Å²) >= 11 is 5.12. The van der Waals surface area contributed by atoms with Crippen molar-refractivity contribution in [2.24, 2.45) is 5.10 Å². The molecule has 3 nitrogen and oxygen atoms in total. The van der Waals surface area contributed by atoms with Crippen LogP contribution in [-0.2, 0) is 0 Å². The summed E-state index contributed by atoms with van der Waals surface area (Å²) in [6.45, 7) is 2.01. The topological polar surface area (TPSA) is 36.4 Å². The molecule has 2 rings (SSSR count). The molecule has 0 spiro atoms. The predicted molar refractivity (Wildman–Crippen MR) is 89.0 cm³/mol. The molecule has 0 unspecified atom stereocenters. The minimum atomic E-state index is -0.357. The van der Waals surface area contributed by atoms with E-state index in [4.69, 9.17) is 12.2 Å². The second-order valence-electron chi connectivity index (χ2n) is 4.32. The first-order chi connectivity index (χ1) is 10.2. The van der Waals surface area contributed by atoms with Gasteiger partial charge in [0.05, 0.1) is 11.4 Å². The number of para-hydroxylation sites is 1. The Labute approximate surface area is 128 Å². The van der Waals surface area contributed by atoms with Gasteiger partial charge in [-0.15, -0.1) is 0 Å². The Hall–Kier alpha value is -2.27. The van der Waals surface area contributed by atoms with Gasteiger partial charge in [-0.2, -0.15) is 5.10 Å². The zero-order valence-electron chi connectivity index (χ0n) is 11.6. The summed E-state index contributed by atoms with van der Waals surface area (Å²) in [5.74, 6) is -0.357. The molecule has 0 fully saturated rings. The number of hydrazone groups is 1. The number of thiocarbonyl (C=S) groups is 1. The van der Waals surface area contributed by atoms with E-state index in [1.54, 1.807) is 18.2 Å². The van der Waals surface area contributed by atoms with Gasteiger partial charge in [0.1, 0.15) is 5.82 Å². The van der Waals surface area contributed by atoms with Crippen molar-refractivity contribution in [2.45, 2.75) is 13.3 Å². The molecule has 0 aliphatic heterocycles. The van der Waals surface area contributed by atoms with Gasteiger partial charge in [0.25, 0.3) is 0 Å². The lowest BCUT2D eigenvalue weighted by molar-refractivity contribution is 0.632. The van der Waals surface area contributed by atoms with Crippen LogP contribution in [0, 0.1) is 5.82 Å². The van der Waals surface area contributed by atoms with E-state index in [0.29, 0.717) is 5.69 Å². The van der Waals surface area contributed by atoms with E-state index in [2.05, 4.69) is 15.8 Å². The third kappa shape index (κ3) is 4.36. The van der Waals surface area contributed by atoms with E-state index >= 15 is 0 Å². The van der Waals surface area contributed by atoms with Gasteiger partial charge in [-0.3, -0.25) is 5.43 Å². The summed E-state index contributed by atoms with van der Waals surface area (Å²) in [5, 5.41) is 7.31. The molecule has 0 heterocycles. The minimum Gasteiger partial charge on any atom is -0.329 e. The molecule has 0 bridgehead atoms. The van der Waals surface area contributed by atoms with Crippen LogP contribution in [0.4, 0.5) is 10.1 Å². The number of rotatable bonds is 4. The molecule has 0 aliphatic rings. The Balaban J connectivity index is 2.02. The van der Waals surface area contributed by atoms with Crippen LogP contribution < -0.4 is 10.7 Å². The van der Waals surface area contributed by atoms with Crippen molar-refractivity contribution in [1.29, 1.82) is 0 Å². The number of hydrogen-bond donors (Lipinski definition) is 2.